The maximum Gasteiger partial charge on any atom is 0.407 e. The molecule has 0 heterocycles. The summed E-state index contributed by atoms with van der Waals surface area (Å²) in [6.45, 7) is 12.1. The minimum atomic E-state index is -0.783. The van der Waals surface area contributed by atoms with E-state index in [0.29, 0.717) is 12.8 Å². The summed E-state index contributed by atoms with van der Waals surface area (Å²) in [5.41, 5.74) is 4.58. The van der Waals surface area contributed by atoms with Gasteiger partial charge in [0, 0.05) is 12.3 Å². The first-order valence-electron chi connectivity index (χ1n) is 13.6. The summed E-state index contributed by atoms with van der Waals surface area (Å²) in [6.07, 6.45) is 0.992. The van der Waals surface area contributed by atoms with Crippen molar-refractivity contribution in [2.24, 2.45) is 17.8 Å². The summed E-state index contributed by atoms with van der Waals surface area (Å²) in [4.78, 5) is 39.1. The Morgan fingerprint density at radius 1 is 0.838 bits per heavy atom. The van der Waals surface area contributed by atoms with Gasteiger partial charge in [0.05, 0.1) is 6.04 Å². The van der Waals surface area contributed by atoms with Gasteiger partial charge in [0.15, 0.2) is 5.78 Å². The van der Waals surface area contributed by atoms with Gasteiger partial charge in [-0.3, -0.25) is 9.59 Å². The van der Waals surface area contributed by atoms with Crippen LogP contribution in [0.5, 0.6) is 0 Å². The Morgan fingerprint density at radius 2 is 1.41 bits per heavy atom. The predicted octanol–water partition coefficient (Wildman–Crippen LogP) is 6.09. The highest BCUT2D eigenvalue weighted by molar-refractivity contribution is 5.92. The molecule has 3 atom stereocenters. The molecule has 2 N–H and O–H groups in total. The number of benzene rings is 2. The first-order valence-corrected chi connectivity index (χ1v) is 13.6. The molecule has 2 aromatic carbocycles. The average Bonchev–Trinajstić information content (AvgIpc) is 3.18. The largest absolute Gasteiger partial charge is 0.449 e. The number of hydrogen-bond acceptors (Lipinski definition) is 4. The van der Waals surface area contributed by atoms with Gasteiger partial charge in [-0.05, 0) is 46.4 Å². The topological polar surface area (TPSA) is 84.5 Å². The fourth-order valence-corrected chi connectivity index (χ4v) is 5.04. The van der Waals surface area contributed by atoms with Crippen LogP contribution in [-0.2, 0) is 14.3 Å². The van der Waals surface area contributed by atoms with Gasteiger partial charge in [0.1, 0.15) is 12.6 Å². The third-order valence-electron chi connectivity index (χ3n) is 7.13. The van der Waals surface area contributed by atoms with E-state index < -0.39 is 18.2 Å². The lowest BCUT2D eigenvalue weighted by Gasteiger charge is -2.27. The van der Waals surface area contributed by atoms with Crippen molar-refractivity contribution < 1.29 is 19.1 Å². The molecule has 0 bridgehead atoms. The molecule has 0 aliphatic heterocycles. The number of amides is 2. The number of fused-ring (bicyclic) bond motifs is 3. The minimum absolute atomic E-state index is 0.00403. The number of carbonyl (C=O) groups excluding carboxylic acids is 3. The van der Waals surface area contributed by atoms with Crippen LogP contribution in [0.15, 0.2) is 48.5 Å². The lowest BCUT2D eigenvalue weighted by molar-refractivity contribution is -0.130. The number of rotatable bonds is 12. The van der Waals surface area contributed by atoms with Crippen molar-refractivity contribution in [2.45, 2.75) is 78.8 Å². The van der Waals surface area contributed by atoms with E-state index in [1.807, 2.05) is 65.8 Å². The van der Waals surface area contributed by atoms with Crippen molar-refractivity contribution in [3.63, 3.8) is 0 Å². The minimum Gasteiger partial charge on any atom is -0.449 e. The Kier molecular flexibility index (Phi) is 9.90. The first-order chi connectivity index (χ1) is 17.6. The van der Waals surface area contributed by atoms with Crippen LogP contribution in [0.25, 0.3) is 11.1 Å². The molecule has 6 nitrogen and oxygen atoms in total. The molecule has 3 rings (SSSR count). The van der Waals surface area contributed by atoms with Crippen LogP contribution in [0.2, 0.25) is 0 Å². The van der Waals surface area contributed by atoms with E-state index >= 15 is 0 Å². The summed E-state index contributed by atoms with van der Waals surface area (Å²) < 4.78 is 5.68. The molecule has 1 aliphatic carbocycles. The third-order valence-corrected chi connectivity index (χ3v) is 7.13. The number of ketones is 1. The summed E-state index contributed by atoms with van der Waals surface area (Å²) in [6, 6.07) is 15.0. The third kappa shape index (κ3) is 7.21. The van der Waals surface area contributed by atoms with E-state index in [1.165, 1.54) is 0 Å². The van der Waals surface area contributed by atoms with E-state index in [1.54, 1.807) is 0 Å². The van der Waals surface area contributed by atoms with Gasteiger partial charge < -0.3 is 15.4 Å². The summed E-state index contributed by atoms with van der Waals surface area (Å²) >= 11 is 0. The molecule has 0 saturated heterocycles. The van der Waals surface area contributed by atoms with Gasteiger partial charge in [-0.15, -0.1) is 0 Å². The van der Waals surface area contributed by atoms with Gasteiger partial charge in [0.25, 0.3) is 0 Å². The van der Waals surface area contributed by atoms with Crippen LogP contribution < -0.4 is 10.6 Å². The highest BCUT2D eigenvalue weighted by atomic mass is 16.5. The molecular formula is C31H42N2O4. The quantitative estimate of drug-likeness (QED) is 0.365. The molecule has 0 spiro atoms. The van der Waals surface area contributed by atoms with Crippen LogP contribution in [0.3, 0.4) is 0 Å². The van der Waals surface area contributed by atoms with E-state index in [9.17, 15) is 14.4 Å². The molecule has 6 heteroatoms. The second-order valence-electron chi connectivity index (χ2n) is 11.1. The van der Waals surface area contributed by atoms with Gasteiger partial charge >= 0.3 is 6.09 Å². The molecule has 2 amide bonds. The number of carbonyl (C=O) groups is 3. The zero-order valence-electron chi connectivity index (χ0n) is 23.0. The van der Waals surface area contributed by atoms with Crippen molar-refractivity contribution >= 4 is 17.8 Å². The van der Waals surface area contributed by atoms with E-state index in [-0.39, 0.29) is 42.0 Å². The Balaban J connectivity index is 1.68. The van der Waals surface area contributed by atoms with E-state index in [4.69, 9.17) is 4.74 Å². The number of Topliss-reactive ketones (excluding diaryl/α,β-unsaturated/α-hetero) is 1. The summed E-state index contributed by atoms with van der Waals surface area (Å²) in [5.74, 6) is 0.00879. The van der Waals surface area contributed by atoms with Gasteiger partial charge in [-0.2, -0.15) is 0 Å². The second kappa shape index (κ2) is 12.9. The average molecular weight is 507 g/mol. The molecule has 2 aromatic rings. The zero-order valence-corrected chi connectivity index (χ0v) is 23.0. The van der Waals surface area contributed by atoms with Crippen LogP contribution >= 0.6 is 0 Å². The summed E-state index contributed by atoms with van der Waals surface area (Å²) in [5, 5.41) is 5.73. The summed E-state index contributed by atoms with van der Waals surface area (Å²) in [7, 11) is 0. The van der Waals surface area contributed by atoms with Crippen molar-refractivity contribution in [1.82, 2.24) is 10.6 Å². The number of alkyl carbamates (subject to hydrolysis) is 1. The number of hydrogen-bond donors (Lipinski definition) is 2. The Morgan fingerprint density at radius 3 is 1.92 bits per heavy atom. The molecular weight excluding hydrogens is 464 g/mol. The molecule has 0 saturated carbocycles. The molecule has 0 unspecified atom stereocenters. The maximum atomic E-state index is 13.3. The Labute approximate surface area is 221 Å². The lowest BCUT2D eigenvalue weighted by Crippen LogP contribution is -2.54. The Bertz CT molecular complexity index is 1050. The van der Waals surface area contributed by atoms with Crippen molar-refractivity contribution in [2.75, 3.05) is 6.61 Å². The van der Waals surface area contributed by atoms with Gasteiger partial charge in [-0.1, -0.05) is 96.5 Å². The highest BCUT2D eigenvalue weighted by Gasteiger charge is 2.32. The van der Waals surface area contributed by atoms with E-state index in [2.05, 4.69) is 34.9 Å². The highest BCUT2D eigenvalue weighted by Crippen LogP contribution is 2.44. The van der Waals surface area contributed by atoms with Crippen molar-refractivity contribution in [3.05, 3.63) is 59.7 Å². The van der Waals surface area contributed by atoms with Gasteiger partial charge in [0.2, 0.25) is 5.91 Å². The predicted molar refractivity (Wildman–Crippen MR) is 147 cm³/mol. The molecule has 0 radical (unpaired) electrons. The van der Waals surface area contributed by atoms with Crippen LogP contribution in [0.4, 0.5) is 4.79 Å². The molecule has 0 aromatic heterocycles. The van der Waals surface area contributed by atoms with Crippen molar-refractivity contribution in [3.8, 4) is 11.1 Å². The zero-order chi connectivity index (χ0) is 27.1. The van der Waals surface area contributed by atoms with Crippen LogP contribution in [-0.4, -0.2) is 36.5 Å². The fourth-order valence-electron chi connectivity index (χ4n) is 5.04. The monoisotopic (exact) mass is 506 g/mol. The fraction of sp³-hybridized carbons (Fsp3) is 0.516. The standard InChI is InChI=1S/C31H42N2O4/c1-7-21(6)29(28(34)17-20(4)5)33-30(35)27(16-19(2)3)32-31(36)37-18-26-24-14-10-8-12-22(24)23-13-9-11-15-25(23)26/h8-15,19-21,26-27,29H,7,16-18H2,1-6H3,(H,32,36)(H,33,35)/t21-,27-,29-/m0/s1. The number of nitrogens with one attached hydrogen (secondary N) is 2. The molecule has 1 aliphatic rings. The molecule has 0 fully saturated rings. The first kappa shape index (κ1) is 28.4. The van der Waals surface area contributed by atoms with Crippen LogP contribution in [0, 0.1) is 17.8 Å². The molecule has 200 valence electrons. The maximum absolute atomic E-state index is 13.3. The normalized spacial score (nSPS) is 15.0. The Hall–Kier alpha value is -3.15. The second-order valence-corrected chi connectivity index (χ2v) is 11.1. The van der Waals surface area contributed by atoms with Gasteiger partial charge in [-0.25, -0.2) is 4.79 Å². The SMILES string of the molecule is CC[C@H](C)[C@H](NC(=O)[C@H](CC(C)C)NC(=O)OCC1c2ccccc2-c2ccccc21)C(=O)CC(C)C. The van der Waals surface area contributed by atoms with E-state index in [0.717, 1.165) is 28.7 Å². The number of ether oxygens (including phenoxy) is 1. The van der Waals surface area contributed by atoms with Crippen LogP contribution in [0.1, 0.15) is 77.8 Å². The smallest absolute Gasteiger partial charge is 0.407 e. The lowest BCUT2D eigenvalue weighted by atomic mass is 9.90. The molecule has 37 heavy (non-hydrogen) atoms. The van der Waals surface area contributed by atoms with Crippen molar-refractivity contribution in [1.29, 1.82) is 0 Å².